The highest BCUT2D eigenvalue weighted by Gasteiger charge is 2.33. The molecule has 0 radical (unpaired) electrons. The maximum absolute atomic E-state index is 13.1. The Labute approximate surface area is 143 Å². The first-order valence-corrected chi connectivity index (χ1v) is 7.64. The zero-order chi connectivity index (χ0) is 18.9. The molecule has 0 bridgehead atoms. The van der Waals surface area contributed by atoms with Gasteiger partial charge in [0.05, 0.1) is 5.56 Å². The molecule has 0 saturated carbocycles. The summed E-state index contributed by atoms with van der Waals surface area (Å²) >= 11 is 0. The van der Waals surface area contributed by atoms with Gasteiger partial charge in [0.2, 0.25) is 0 Å². The molecule has 1 aromatic heterocycles. The summed E-state index contributed by atoms with van der Waals surface area (Å²) in [4.78, 5) is 28.4. The standard InChI is InChI=1S/C18H19F3N2O2/c1-10-15(12(3)24)11(2)22-16(10)17(25)23(4)9-13-7-5-6-8-14(13)18(19,20)21/h5-8,22H,9H2,1-4H3. The molecule has 1 amide bonds. The Kier molecular flexibility index (Phi) is 5.06. The van der Waals surface area contributed by atoms with Crippen molar-refractivity contribution in [2.75, 3.05) is 7.05 Å². The lowest BCUT2D eigenvalue weighted by molar-refractivity contribution is -0.138. The molecule has 1 N–H and O–H groups in total. The fourth-order valence-electron chi connectivity index (χ4n) is 2.94. The number of alkyl halides is 3. The topological polar surface area (TPSA) is 53.2 Å². The molecule has 0 aliphatic carbocycles. The van der Waals surface area contributed by atoms with Gasteiger partial charge in [-0.1, -0.05) is 18.2 Å². The van der Waals surface area contributed by atoms with Crippen molar-refractivity contribution >= 4 is 11.7 Å². The number of H-pyrrole nitrogens is 1. The Bertz CT molecular complexity index is 822. The lowest BCUT2D eigenvalue weighted by Crippen LogP contribution is -2.28. The number of carbonyl (C=O) groups is 2. The summed E-state index contributed by atoms with van der Waals surface area (Å²) in [6.45, 7) is 4.53. The van der Waals surface area contributed by atoms with Gasteiger partial charge < -0.3 is 9.88 Å². The number of aryl methyl sites for hydroxylation is 1. The van der Waals surface area contributed by atoms with E-state index < -0.39 is 17.6 Å². The van der Waals surface area contributed by atoms with Crippen LogP contribution in [-0.4, -0.2) is 28.6 Å². The van der Waals surface area contributed by atoms with Crippen molar-refractivity contribution in [1.29, 1.82) is 0 Å². The second-order valence-corrected chi connectivity index (χ2v) is 6.00. The molecule has 2 rings (SSSR count). The lowest BCUT2D eigenvalue weighted by atomic mass is 10.1. The Morgan fingerprint density at radius 1 is 1.16 bits per heavy atom. The highest BCUT2D eigenvalue weighted by Crippen LogP contribution is 2.32. The van der Waals surface area contributed by atoms with Crippen molar-refractivity contribution in [1.82, 2.24) is 9.88 Å². The number of benzene rings is 1. The van der Waals surface area contributed by atoms with Crippen LogP contribution in [0.15, 0.2) is 24.3 Å². The summed E-state index contributed by atoms with van der Waals surface area (Å²) < 4.78 is 39.3. The van der Waals surface area contributed by atoms with Crippen molar-refractivity contribution in [2.24, 2.45) is 0 Å². The zero-order valence-electron chi connectivity index (χ0n) is 14.4. The Hall–Kier alpha value is -2.57. The molecule has 4 nitrogen and oxygen atoms in total. The molecule has 134 valence electrons. The van der Waals surface area contributed by atoms with Gasteiger partial charge >= 0.3 is 6.18 Å². The van der Waals surface area contributed by atoms with E-state index in [4.69, 9.17) is 0 Å². The normalized spacial score (nSPS) is 11.5. The quantitative estimate of drug-likeness (QED) is 0.842. The van der Waals surface area contributed by atoms with E-state index in [-0.39, 0.29) is 23.6 Å². The third kappa shape index (κ3) is 3.75. The summed E-state index contributed by atoms with van der Waals surface area (Å²) in [5.41, 5.74) is 0.975. The number of rotatable bonds is 4. The minimum atomic E-state index is -4.48. The molecule has 1 aromatic carbocycles. The van der Waals surface area contributed by atoms with Crippen molar-refractivity contribution in [3.8, 4) is 0 Å². The number of aromatic nitrogens is 1. The van der Waals surface area contributed by atoms with Crippen LogP contribution in [0.25, 0.3) is 0 Å². The van der Waals surface area contributed by atoms with Crippen molar-refractivity contribution in [3.63, 3.8) is 0 Å². The molecule has 0 atom stereocenters. The summed E-state index contributed by atoms with van der Waals surface area (Å²) in [5, 5.41) is 0. The van der Waals surface area contributed by atoms with E-state index >= 15 is 0 Å². The van der Waals surface area contributed by atoms with Crippen LogP contribution < -0.4 is 0 Å². The highest BCUT2D eigenvalue weighted by atomic mass is 19.4. The van der Waals surface area contributed by atoms with E-state index in [9.17, 15) is 22.8 Å². The second kappa shape index (κ2) is 6.74. The van der Waals surface area contributed by atoms with Crippen molar-refractivity contribution < 1.29 is 22.8 Å². The molecular formula is C18H19F3N2O2. The van der Waals surface area contributed by atoms with Gasteiger partial charge in [-0.2, -0.15) is 13.2 Å². The van der Waals surface area contributed by atoms with E-state index in [0.717, 1.165) is 6.07 Å². The van der Waals surface area contributed by atoms with Crippen LogP contribution in [0.5, 0.6) is 0 Å². The number of aromatic amines is 1. The van der Waals surface area contributed by atoms with Gasteiger partial charge in [0.25, 0.3) is 5.91 Å². The van der Waals surface area contributed by atoms with E-state index in [2.05, 4.69) is 4.98 Å². The average Bonchev–Trinajstić information content (AvgIpc) is 2.80. The van der Waals surface area contributed by atoms with Gasteiger partial charge in [0.15, 0.2) is 5.78 Å². The number of nitrogens with zero attached hydrogens (tertiary/aromatic N) is 1. The van der Waals surface area contributed by atoms with Crippen LogP contribution in [0.2, 0.25) is 0 Å². The number of hydrogen-bond donors (Lipinski definition) is 1. The first-order valence-electron chi connectivity index (χ1n) is 7.64. The molecule has 25 heavy (non-hydrogen) atoms. The number of hydrogen-bond acceptors (Lipinski definition) is 2. The van der Waals surface area contributed by atoms with Gasteiger partial charge in [-0.25, -0.2) is 0 Å². The lowest BCUT2D eigenvalue weighted by Gasteiger charge is -2.20. The Balaban J connectivity index is 2.32. The largest absolute Gasteiger partial charge is 0.416 e. The maximum atomic E-state index is 13.1. The van der Waals surface area contributed by atoms with Gasteiger partial charge in [-0.15, -0.1) is 0 Å². The van der Waals surface area contributed by atoms with E-state index in [1.165, 1.54) is 37.1 Å². The van der Waals surface area contributed by atoms with Gasteiger partial charge in [-0.3, -0.25) is 9.59 Å². The molecular weight excluding hydrogens is 333 g/mol. The number of ketones is 1. The van der Waals surface area contributed by atoms with Crippen LogP contribution in [0.4, 0.5) is 13.2 Å². The SMILES string of the molecule is CC(=O)c1c(C)[nH]c(C(=O)N(C)Cc2ccccc2C(F)(F)F)c1C. The van der Waals surface area contributed by atoms with Crippen LogP contribution >= 0.6 is 0 Å². The minimum Gasteiger partial charge on any atom is -0.354 e. The zero-order valence-corrected chi connectivity index (χ0v) is 14.4. The number of halogens is 3. The number of carbonyl (C=O) groups excluding carboxylic acids is 2. The van der Waals surface area contributed by atoms with Gasteiger partial charge in [-0.05, 0) is 38.0 Å². The Morgan fingerprint density at radius 2 is 1.76 bits per heavy atom. The fraction of sp³-hybridized carbons (Fsp3) is 0.333. The summed E-state index contributed by atoms with van der Waals surface area (Å²) in [6.07, 6.45) is -4.48. The molecule has 0 aliphatic rings. The van der Waals surface area contributed by atoms with Crippen LogP contribution in [0.3, 0.4) is 0 Å². The molecule has 1 heterocycles. The predicted molar refractivity (Wildman–Crippen MR) is 87.5 cm³/mol. The summed E-state index contributed by atoms with van der Waals surface area (Å²) in [5.74, 6) is -0.638. The first-order chi connectivity index (χ1) is 11.5. The molecule has 0 saturated heterocycles. The number of amides is 1. The van der Waals surface area contributed by atoms with Crippen molar-refractivity contribution in [2.45, 2.75) is 33.5 Å². The van der Waals surface area contributed by atoms with Crippen molar-refractivity contribution in [3.05, 3.63) is 57.9 Å². The molecule has 0 aliphatic heterocycles. The number of nitrogens with one attached hydrogen (secondary N) is 1. The molecule has 0 fully saturated rings. The third-order valence-electron chi connectivity index (χ3n) is 4.08. The third-order valence-corrected chi connectivity index (χ3v) is 4.08. The summed E-state index contributed by atoms with van der Waals surface area (Å²) in [7, 11) is 1.43. The van der Waals surface area contributed by atoms with E-state index in [0.29, 0.717) is 16.8 Å². The van der Waals surface area contributed by atoms with Gasteiger partial charge in [0, 0.05) is 24.8 Å². The van der Waals surface area contributed by atoms with E-state index in [1.54, 1.807) is 13.8 Å². The van der Waals surface area contributed by atoms with Crippen LogP contribution in [-0.2, 0) is 12.7 Å². The summed E-state index contributed by atoms with van der Waals surface area (Å²) in [6, 6.07) is 5.15. The molecule has 0 unspecified atom stereocenters. The highest BCUT2D eigenvalue weighted by molar-refractivity contribution is 6.02. The smallest absolute Gasteiger partial charge is 0.354 e. The molecule has 7 heteroatoms. The van der Waals surface area contributed by atoms with Gasteiger partial charge in [0.1, 0.15) is 5.69 Å². The second-order valence-electron chi connectivity index (χ2n) is 6.00. The molecule has 0 spiro atoms. The first kappa shape index (κ1) is 18.8. The monoisotopic (exact) mass is 352 g/mol. The van der Waals surface area contributed by atoms with Crippen LogP contribution in [0.1, 0.15) is 50.2 Å². The predicted octanol–water partition coefficient (Wildman–Crippen LogP) is 4.13. The van der Waals surface area contributed by atoms with E-state index in [1.807, 2.05) is 0 Å². The minimum absolute atomic E-state index is 0.0126. The molecule has 2 aromatic rings. The Morgan fingerprint density at radius 3 is 2.28 bits per heavy atom. The van der Waals surface area contributed by atoms with Crippen LogP contribution in [0, 0.1) is 13.8 Å². The average molecular weight is 352 g/mol. The maximum Gasteiger partial charge on any atom is 0.416 e. The fourth-order valence-corrected chi connectivity index (χ4v) is 2.94. The number of Topliss-reactive ketones (excluding diaryl/α,β-unsaturated/α-hetero) is 1.